The van der Waals surface area contributed by atoms with Crippen LogP contribution in [0.2, 0.25) is 11.1 Å². The molecule has 1 fully saturated rings. The maximum absolute atomic E-state index is 2.64. The topological polar surface area (TPSA) is 0 Å². The second-order valence-electron chi connectivity index (χ2n) is 8.11. The SMILES string of the molecule is CC(C)(C)[B]C1CCCCCCCCCCCCCC1. The lowest BCUT2D eigenvalue weighted by molar-refractivity contribution is 0.536. The Bertz CT molecular complexity index is 200. The van der Waals surface area contributed by atoms with Crippen molar-refractivity contribution in [3.05, 3.63) is 0 Å². The van der Waals surface area contributed by atoms with Gasteiger partial charge in [-0.25, -0.2) is 0 Å². The molecule has 0 aromatic rings. The highest BCUT2D eigenvalue weighted by Gasteiger charge is 2.19. The molecule has 0 saturated heterocycles. The van der Waals surface area contributed by atoms with Gasteiger partial charge in [-0.15, -0.1) is 0 Å². The third kappa shape index (κ3) is 10.8. The van der Waals surface area contributed by atoms with E-state index in [-0.39, 0.29) is 0 Å². The first-order chi connectivity index (χ1) is 9.58. The highest BCUT2D eigenvalue weighted by atomic mass is 14.1. The van der Waals surface area contributed by atoms with Crippen molar-refractivity contribution in [3.8, 4) is 0 Å². The van der Waals surface area contributed by atoms with Crippen molar-refractivity contribution in [2.24, 2.45) is 0 Å². The molecule has 0 N–H and O–H groups in total. The lowest BCUT2D eigenvalue weighted by Crippen LogP contribution is -2.15. The van der Waals surface area contributed by atoms with Crippen LogP contribution in [0.4, 0.5) is 0 Å². The van der Waals surface area contributed by atoms with E-state index in [1.54, 1.807) is 0 Å². The summed E-state index contributed by atoms with van der Waals surface area (Å²) in [4.78, 5) is 0. The van der Waals surface area contributed by atoms with Gasteiger partial charge in [-0.3, -0.25) is 0 Å². The molecule has 0 bridgehead atoms. The molecule has 1 rings (SSSR count). The molecule has 0 unspecified atom stereocenters. The molecule has 0 spiro atoms. The molecule has 1 heteroatoms. The Balaban J connectivity index is 2.32. The Labute approximate surface area is 129 Å². The van der Waals surface area contributed by atoms with Crippen LogP contribution in [0.1, 0.15) is 111 Å². The molecule has 0 nitrogen and oxygen atoms in total. The highest BCUT2D eigenvalue weighted by molar-refractivity contribution is 6.41. The van der Waals surface area contributed by atoms with Gasteiger partial charge >= 0.3 is 0 Å². The fourth-order valence-corrected chi connectivity index (χ4v) is 3.60. The summed E-state index contributed by atoms with van der Waals surface area (Å²) in [5.41, 5.74) is 0. The molecule has 1 radical (unpaired) electrons. The van der Waals surface area contributed by atoms with E-state index in [2.05, 4.69) is 28.1 Å². The first-order valence-corrected chi connectivity index (χ1v) is 9.44. The zero-order valence-electron chi connectivity index (χ0n) is 14.6. The first-order valence-electron chi connectivity index (χ1n) is 9.44. The predicted molar refractivity (Wildman–Crippen MR) is 93.9 cm³/mol. The summed E-state index contributed by atoms with van der Waals surface area (Å²) >= 11 is 0. The lowest BCUT2D eigenvalue weighted by atomic mass is 9.46. The molecule has 1 aliphatic rings. The van der Waals surface area contributed by atoms with Gasteiger partial charge in [0.2, 0.25) is 0 Å². The molecular weight excluding hydrogens is 239 g/mol. The molecular formula is C19H38B. The van der Waals surface area contributed by atoms with E-state index in [1.165, 1.54) is 89.9 Å². The fourth-order valence-electron chi connectivity index (χ4n) is 3.60. The monoisotopic (exact) mass is 277 g/mol. The fraction of sp³-hybridized carbons (Fsp3) is 1.00. The van der Waals surface area contributed by atoms with Gasteiger partial charge in [0.25, 0.3) is 0 Å². The normalized spacial score (nSPS) is 22.8. The van der Waals surface area contributed by atoms with Crippen molar-refractivity contribution < 1.29 is 0 Å². The smallest absolute Gasteiger partial charge is 0.0682 e. The summed E-state index contributed by atoms with van der Waals surface area (Å²) in [6, 6.07) is 0. The van der Waals surface area contributed by atoms with E-state index in [1.807, 2.05) is 0 Å². The average Bonchev–Trinajstić information content (AvgIpc) is 2.37. The lowest BCUT2D eigenvalue weighted by Gasteiger charge is -2.25. The van der Waals surface area contributed by atoms with Crippen molar-refractivity contribution >= 4 is 7.28 Å². The molecule has 0 aromatic carbocycles. The largest absolute Gasteiger partial charge is 0.120 e. The second-order valence-corrected chi connectivity index (χ2v) is 8.11. The van der Waals surface area contributed by atoms with Crippen LogP contribution in [0.3, 0.4) is 0 Å². The minimum absolute atomic E-state index is 0.396. The minimum atomic E-state index is 0.396. The van der Waals surface area contributed by atoms with Crippen LogP contribution in [-0.2, 0) is 0 Å². The zero-order valence-corrected chi connectivity index (χ0v) is 14.6. The summed E-state index contributed by atoms with van der Waals surface area (Å²) in [6.07, 6.45) is 20.6. The van der Waals surface area contributed by atoms with E-state index < -0.39 is 0 Å². The number of hydrogen-bond donors (Lipinski definition) is 0. The van der Waals surface area contributed by atoms with Gasteiger partial charge in [0, 0.05) is 0 Å². The summed E-state index contributed by atoms with van der Waals surface area (Å²) in [7, 11) is 2.64. The molecule has 0 aromatic heterocycles. The summed E-state index contributed by atoms with van der Waals surface area (Å²) < 4.78 is 0. The van der Waals surface area contributed by atoms with Crippen LogP contribution < -0.4 is 0 Å². The maximum Gasteiger partial charge on any atom is 0.120 e. The Morgan fingerprint density at radius 1 is 0.550 bits per heavy atom. The van der Waals surface area contributed by atoms with E-state index in [9.17, 15) is 0 Å². The summed E-state index contributed by atoms with van der Waals surface area (Å²) in [6.45, 7) is 7.09. The molecule has 0 atom stereocenters. The minimum Gasteiger partial charge on any atom is -0.0682 e. The van der Waals surface area contributed by atoms with Gasteiger partial charge in [0.15, 0.2) is 0 Å². The Hall–Kier alpha value is 0.0649. The molecule has 0 aliphatic heterocycles. The summed E-state index contributed by atoms with van der Waals surface area (Å²) in [5, 5.41) is 0.396. The number of rotatable bonds is 1. The summed E-state index contributed by atoms with van der Waals surface area (Å²) in [5.74, 6) is 0.875. The average molecular weight is 277 g/mol. The van der Waals surface area contributed by atoms with Crippen molar-refractivity contribution in [2.45, 2.75) is 122 Å². The zero-order chi connectivity index (χ0) is 14.7. The second kappa shape index (κ2) is 10.7. The van der Waals surface area contributed by atoms with Crippen molar-refractivity contribution in [1.82, 2.24) is 0 Å². The third-order valence-electron chi connectivity index (χ3n) is 4.64. The Morgan fingerprint density at radius 3 is 1.15 bits per heavy atom. The van der Waals surface area contributed by atoms with Gasteiger partial charge in [-0.1, -0.05) is 122 Å². The van der Waals surface area contributed by atoms with Crippen LogP contribution in [0.25, 0.3) is 0 Å². The van der Waals surface area contributed by atoms with Crippen molar-refractivity contribution in [1.29, 1.82) is 0 Å². The maximum atomic E-state index is 2.64. The van der Waals surface area contributed by atoms with Gasteiger partial charge in [-0.2, -0.15) is 0 Å². The van der Waals surface area contributed by atoms with Gasteiger partial charge < -0.3 is 0 Å². The molecule has 117 valence electrons. The highest BCUT2D eigenvalue weighted by Crippen LogP contribution is 2.32. The molecule has 0 heterocycles. The van der Waals surface area contributed by atoms with Crippen LogP contribution >= 0.6 is 0 Å². The standard InChI is InChI=1S/C19H38B/c1-19(2,3)20-18-16-14-12-10-8-6-4-5-7-9-11-13-15-17-18/h18H,4-17H2,1-3H3. The van der Waals surface area contributed by atoms with E-state index in [0.717, 1.165) is 5.82 Å². The van der Waals surface area contributed by atoms with Crippen LogP contribution in [-0.4, -0.2) is 7.28 Å². The van der Waals surface area contributed by atoms with E-state index in [4.69, 9.17) is 0 Å². The van der Waals surface area contributed by atoms with Crippen molar-refractivity contribution in [3.63, 3.8) is 0 Å². The quantitative estimate of drug-likeness (QED) is 0.445. The Morgan fingerprint density at radius 2 is 0.850 bits per heavy atom. The first kappa shape index (κ1) is 18.1. The number of hydrogen-bond acceptors (Lipinski definition) is 0. The molecule has 1 aliphatic carbocycles. The predicted octanol–water partition coefficient (Wildman–Crippen LogP) is 7.17. The van der Waals surface area contributed by atoms with Gasteiger partial charge in [0.05, 0.1) is 0 Å². The molecule has 1 saturated carbocycles. The van der Waals surface area contributed by atoms with Crippen molar-refractivity contribution in [2.75, 3.05) is 0 Å². The molecule has 0 amide bonds. The van der Waals surface area contributed by atoms with Crippen LogP contribution in [0.5, 0.6) is 0 Å². The third-order valence-corrected chi connectivity index (χ3v) is 4.64. The van der Waals surface area contributed by atoms with Crippen LogP contribution in [0, 0.1) is 0 Å². The molecule has 20 heavy (non-hydrogen) atoms. The van der Waals surface area contributed by atoms with E-state index in [0.29, 0.717) is 5.31 Å². The van der Waals surface area contributed by atoms with E-state index >= 15 is 0 Å². The Kier molecular flexibility index (Phi) is 9.73. The van der Waals surface area contributed by atoms with Gasteiger partial charge in [-0.05, 0) is 0 Å². The van der Waals surface area contributed by atoms with Crippen LogP contribution in [0.15, 0.2) is 0 Å². The van der Waals surface area contributed by atoms with Gasteiger partial charge in [0.1, 0.15) is 7.28 Å².